The minimum absolute atomic E-state index is 0.310. The van der Waals surface area contributed by atoms with Crippen LogP contribution in [0.25, 0.3) is 0 Å². The van der Waals surface area contributed by atoms with Crippen molar-refractivity contribution in [1.82, 2.24) is 4.90 Å². The van der Waals surface area contributed by atoms with Gasteiger partial charge in [-0.05, 0) is 64.5 Å². The molecule has 1 N–H and O–H groups in total. The molecule has 0 unspecified atom stereocenters. The third kappa shape index (κ3) is 7.26. The van der Waals surface area contributed by atoms with Crippen LogP contribution in [-0.4, -0.2) is 47.7 Å². The van der Waals surface area contributed by atoms with Crippen molar-refractivity contribution < 1.29 is 23.9 Å². The summed E-state index contributed by atoms with van der Waals surface area (Å²) in [5.74, 6) is -0.775. The molecule has 2 atom stereocenters. The van der Waals surface area contributed by atoms with Gasteiger partial charge >= 0.3 is 12.1 Å². The number of carbonyl (C=O) groups is 3. The normalized spacial score (nSPS) is 16.9. The molecule has 1 fully saturated rings. The van der Waals surface area contributed by atoms with E-state index in [1.54, 1.807) is 11.8 Å². The summed E-state index contributed by atoms with van der Waals surface area (Å²) in [6.07, 6.45) is 0.666. The number of likely N-dealkylation sites (tertiary alicyclic amines) is 1. The van der Waals surface area contributed by atoms with Gasteiger partial charge < -0.3 is 19.7 Å². The van der Waals surface area contributed by atoms with Gasteiger partial charge in [0, 0.05) is 18.8 Å². The van der Waals surface area contributed by atoms with Crippen molar-refractivity contribution in [1.29, 1.82) is 0 Å². The van der Waals surface area contributed by atoms with Crippen molar-refractivity contribution in [3.8, 4) is 0 Å². The Morgan fingerprint density at radius 2 is 1.74 bits per heavy atom. The molecule has 31 heavy (non-hydrogen) atoms. The molecule has 1 saturated heterocycles. The average molecular weight is 433 g/mol. The molecule has 0 saturated carbocycles. The maximum Gasteiger partial charge on any atom is 0.410 e. The lowest BCUT2D eigenvalue weighted by Gasteiger charge is -2.32. The predicted octanol–water partition coefficient (Wildman–Crippen LogP) is 4.72. The largest absolute Gasteiger partial charge is 0.452 e. The summed E-state index contributed by atoms with van der Waals surface area (Å²) < 4.78 is 10.8. The molecule has 1 heterocycles. The second-order valence-electron chi connectivity index (χ2n) is 9.21. The van der Waals surface area contributed by atoms with Gasteiger partial charge in [-0.25, -0.2) is 4.79 Å². The van der Waals surface area contributed by atoms with Crippen LogP contribution in [0.1, 0.15) is 72.3 Å². The molecular weight excluding hydrogens is 396 g/mol. The highest BCUT2D eigenvalue weighted by Crippen LogP contribution is 2.27. The quantitative estimate of drug-likeness (QED) is 0.658. The summed E-state index contributed by atoms with van der Waals surface area (Å²) in [4.78, 5) is 38.9. The summed E-state index contributed by atoms with van der Waals surface area (Å²) in [6, 6.07) is 7.68. The molecule has 7 nitrogen and oxygen atoms in total. The van der Waals surface area contributed by atoms with E-state index in [9.17, 15) is 14.4 Å². The molecule has 7 heteroatoms. The Balaban J connectivity index is 1.86. The van der Waals surface area contributed by atoms with Crippen molar-refractivity contribution in [2.24, 2.45) is 5.92 Å². The highest BCUT2D eigenvalue weighted by atomic mass is 16.6. The van der Waals surface area contributed by atoms with Gasteiger partial charge in [-0.1, -0.05) is 32.0 Å². The fourth-order valence-corrected chi connectivity index (χ4v) is 3.44. The Labute approximate surface area is 185 Å². The lowest BCUT2D eigenvalue weighted by atomic mass is 9.96. The van der Waals surface area contributed by atoms with E-state index in [1.807, 2.05) is 45.0 Å². The number of esters is 1. The molecule has 0 spiro atoms. The molecule has 1 aliphatic heterocycles. The van der Waals surface area contributed by atoms with Crippen LogP contribution in [0.15, 0.2) is 24.3 Å². The van der Waals surface area contributed by atoms with E-state index in [2.05, 4.69) is 19.2 Å². The van der Waals surface area contributed by atoms with Crippen LogP contribution in [0, 0.1) is 5.92 Å². The first kappa shape index (κ1) is 24.7. The maximum absolute atomic E-state index is 12.6. The summed E-state index contributed by atoms with van der Waals surface area (Å²) in [6.45, 7) is 12.1. The maximum atomic E-state index is 12.6. The minimum Gasteiger partial charge on any atom is -0.452 e. The van der Waals surface area contributed by atoms with Crippen LogP contribution in [0.5, 0.6) is 0 Å². The lowest BCUT2D eigenvalue weighted by Crippen LogP contribution is -2.43. The van der Waals surface area contributed by atoms with Crippen LogP contribution in [-0.2, 0) is 19.1 Å². The van der Waals surface area contributed by atoms with Gasteiger partial charge in [0.05, 0.1) is 5.92 Å². The number of benzene rings is 1. The van der Waals surface area contributed by atoms with Crippen LogP contribution in [0.4, 0.5) is 10.5 Å². The molecule has 172 valence electrons. The van der Waals surface area contributed by atoms with E-state index < -0.39 is 17.7 Å². The average Bonchev–Trinajstić information content (AvgIpc) is 2.72. The fourth-order valence-electron chi connectivity index (χ4n) is 3.44. The summed E-state index contributed by atoms with van der Waals surface area (Å²) in [7, 11) is 0. The lowest BCUT2D eigenvalue weighted by molar-refractivity contribution is -0.158. The van der Waals surface area contributed by atoms with Crippen LogP contribution in [0.3, 0.4) is 0 Å². The molecule has 2 amide bonds. The van der Waals surface area contributed by atoms with E-state index in [0.717, 1.165) is 17.7 Å². The van der Waals surface area contributed by atoms with Gasteiger partial charge in [-0.3, -0.25) is 9.59 Å². The number of carbonyl (C=O) groups excluding carboxylic acids is 3. The van der Waals surface area contributed by atoms with Gasteiger partial charge in [-0.2, -0.15) is 0 Å². The summed E-state index contributed by atoms with van der Waals surface area (Å²) >= 11 is 0. The Morgan fingerprint density at radius 1 is 1.13 bits per heavy atom. The van der Waals surface area contributed by atoms with Gasteiger partial charge in [0.2, 0.25) is 0 Å². The SMILES string of the molecule is CC[C@@H](C)c1ccccc1NC(=O)[C@@H](C)OC(=O)C1CCN(C(=O)OC(C)(C)C)CC1. The van der Waals surface area contributed by atoms with E-state index in [4.69, 9.17) is 9.47 Å². The minimum atomic E-state index is -0.902. The van der Waals surface area contributed by atoms with E-state index in [0.29, 0.717) is 31.8 Å². The first-order chi connectivity index (χ1) is 14.5. The van der Waals surface area contributed by atoms with Gasteiger partial charge in [0.15, 0.2) is 6.10 Å². The molecule has 2 rings (SSSR count). The zero-order chi connectivity index (χ0) is 23.2. The fraction of sp³-hybridized carbons (Fsp3) is 0.625. The molecule has 1 aromatic carbocycles. The smallest absolute Gasteiger partial charge is 0.410 e. The van der Waals surface area contributed by atoms with Crippen molar-refractivity contribution in [3.05, 3.63) is 29.8 Å². The van der Waals surface area contributed by atoms with Gasteiger partial charge in [-0.15, -0.1) is 0 Å². The number of para-hydroxylation sites is 1. The van der Waals surface area contributed by atoms with Crippen molar-refractivity contribution in [2.75, 3.05) is 18.4 Å². The third-order valence-corrected chi connectivity index (χ3v) is 5.50. The van der Waals surface area contributed by atoms with Crippen molar-refractivity contribution >= 4 is 23.7 Å². The van der Waals surface area contributed by atoms with Crippen molar-refractivity contribution in [3.63, 3.8) is 0 Å². The first-order valence-electron chi connectivity index (χ1n) is 11.1. The van der Waals surface area contributed by atoms with Gasteiger partial charge in [0.1, 0.15) is 5.60 Å². The topological polar surface area (TPSA) is 84.9 Å². The van der Waals surface area contributed by atoms with Crippen LogP contribution < -0.4 is 5.32 Å². The zero-order valence-electron chi connectivity index (χ0n) is 19.6. The number of anilines is 1. The number of hydrogen-bond acceptors (Lipinski definition) is 5. The summed E-state index contributed by atoms with van der Waals surface area (Å²) in [5, 5.41) is 2.89. The third-order valence-electron chi connectivity index (χ3n) is 5.50. The van der Waals surface area contributed by atoms with E-state index in [1.165, 1.54) is 0 Å². The molecule has 0 aromatic heterocycles. The Hall–Kier alpha value is -2.57. The number of nitrogens with zero attached hydrogens (tertiary/aromatic N) is 1. The van der Waals surface area contributed by atoms with Crippen molar-refractivity contribution in [2.45, 2.75) is 78.4 Å². The molecule has 0 aliphatic carbocycles. The monoisotopic (exact) mass is 432 g/mol. The second kappa shape index (κ2) is 10.6. The number of nitrogens with one attached hydrogen (secondary N) is 1. The number of ether oxygens (including phenoxy) is 2. The number of amides is 2. The number of hydrogen-bond donors (Lipinski definition) is 1. The highest BCUT2D eigenvalue weighted by Gasteiger charge is 2.32. The van der Waals surface area contributed by atoms with Gasteiger partial charge in [0.25, 0.3) is 5.91 Å². The Bertz CT molecular complexity index is 778. The van der Waals surface area contributed by atoms with E-state index >= 15 is 0 Å². The Morgan fingerprint density at radius 3 is 2.32 bits per heavy atom. The Kier molecular flexibility index (Phi) is 8.48. The summed E-state index contributed by atoms with van der Waals surface area (Å²) in [5.41, 5.74) is 1.25. The molecule has 1 aliphatic rings. The number of rotatable bonds is 6. The standard InChI is InChI=1S/C24H36N2O5/c1-7-16(2)19-10-8-9-11-20(19)25-21(27)17(3)30-22(28)18-12-14-26(15-13-18)23(29)31-24(4,5)6/h8-11,16-18H,7,12-15H2,1-6H3,(H,25,27)/t16-,17-/m1/s1. The van der Waals surface area contributed by atoms with E-state index in [-0.39, 0.29) is 17.9 Å². The first-order valence-corrected chi connectivity index (χ1v) is 11.1. The predicted molar refractivity (Wildman–Crippen MR) is 120 cm³/mol. The molecule has 1 aromatic rings. The molecule has 0 radical (unpaired) electrons. The number of piperidine rings is 1. The van der Waals surface area contributed by atoms with Crippen LogP contribution in [0.2, 0.25) is 0 Å². The van der Waals surface area contributed by atoms with Crippen LogP contribution >= 0.6 is 0 Å². The molecular formula is C24H36N2O5. The zero-order valence-corrected chi connectivity index (χ0v) is 19.6. The molecule has 0 bridgehead atoms. The highest BCUT2D eigenvalue weighted by molar-refractivity contribution is 5.95. The second-order valence-corrected chi connectivity index (χ2v) is 9.21.